The van der Waals surface area contributed by atoms with E-state index in [9.17, 15) is 9.59 Å². The summed E-state index contributed by atoms with van der Waals surface area (Å²) in [5.74, 6) is 0.619. The summed E-state index contributed by atoms with van der Waals surface area (Å²) in [4.78, 5) is 26.4. The summed E-state index contributed by atoms with van der Waals surface area (Å²) >= 11 is 0. The van der Waals surface area contributed by atoms with Crippen LogP contribution in [0.5, 0.6) is 0 Å². The molecule has 1 amide bonds. The lowest BCUT2D eigenvalue weighted by Crippen LogP contribution is -2.41. The first-order valence-corrected chi connectivity index (χ1v) is 8.79. The number of nitrogens with zero attached hydrogens (tertiary/aromatic N) is 2. The molecule has 134 valence electrons. The van der Waals surface area contributed by atoms with Crippen LogP contribution in [0.1, 0.15) is 38.0 Å². The van der Waals surface area contributed by atoms with Gasteiger partial charge in [0.2, 0.25) is 5.91 Å². The van der Waals surface area contributed by atoms with Gasteiger partial charge in [0.15, 0.2) is 0 Å². The van der Waals surface area contributed by atoms with Crippen molar-refractivity contribution in [1.82, 2.24) is 9.47 Å². The Bertz CT molecular complexity index is 636. The van der Waals surface area contributed by atoms with Gasteiger partial charge < -0.3 is 18.6 Å². The second-order valence-electron chi connectivity index (χ2n) is 6.27. The molecule has 0 bridgehead atoms. The fraction of sp³-hybridized carbons (Fsp3) is 0.474. The van der Waals surface area contributed by atoms with Crippen LogP contribution in [0.3, 0.4) is 0 Å². The standard InChI is InChI=1S/C19H24N2O4/c1-2-24-19(23)15-7-11-21(12-8-15)18(22)14-16(17-6-5-13-25-17)20-9-3-4-10-20/h3-6,9-10,13,15-16H,2,7-8,11-12,14H2,1H3/t16-/m1/s1. The molecule has 0 N–H and O–H groups in total. The third-order valence-electron chi connectivity index (χ3n) is 4.69. The normalized spacial score (nSPS) is 16.6. The zero-order valence-electron chi connectivity index (χ0n) is 14.5. The third-order valence-corrected chi connectivity index (χ3v) is 4.69. The van der Waals surface area contributed by atoms with Crippen LogP contribution in [-0.4, -0.2) is 41.0 Å². The summed E-state index contributed by atoms with van der Waals surface area (Å²) < 4.78 is 12.6. The van der Waals surface area contributed by atoms with Gasteiger partial charge in [0.05, 0.1) is 31.3 Å². The highest BCUT2D eigenvalue weighted by molar-refractivity contribution is 5.78. The second-order valence-corrected chi connectivity index (χ2v) is 6.27. The van der Waals surface area contributed by atoms with Gasteiger partial charge in [0.25, 0.3) is 0 Å². The molecule has 1 saturated heterocycles. The van der Waals surface area contributed by atoms with E-state index in [0.717, 1.165) is 5.76 Å². The number of esters is 1. The molecular weight excluding hydrogens is 320 g/mol. The van der Waals surface area contributed by atoms with Crippen LogP contribution in [0.25, 0.3) is 0 Å². The zero-order chi connectivity index (χ0) is 17.6. The number of furan rings is 1. The predicted octanol–water partition coefficient (Wildman–Crippen LogP) is 2.86. The highest BCUT2D eigenvalue weighted by atomic mass is 16.5. The smallest absolute Gasteiger partial charge is 0.309 e. The molecular formula is C19H24N2O4. The lowest BCUT2D eigenvalue weighted by molar-refractivity contribution is -0.151. The summed E-state index contributed by atoms with van der Waals surface area (Å²) in [6, 6.07) is 7.45. The number of piperidine rings is 1. The minimum atomic E-state index is -0.153. The molecule has 6 nitrogen and oxygen atoms in total. The Kier molecular flexibility index (Phi) is 5.58. The average molecular weight is 344 g/mol. The van der Waals surface area contributed by atoms with Gasteiger partial charge in [-0.25, -0.2) is 0 Å². The Balaban J connectivity index is 1.60. The minimum Gasteiger partial charge on any atom is -0.467 e. The van der Waals surface area contributed by atoms with Crippen molar-refractivity contribution in [2.45, 2.75) is 32.2 Å². The van der Waals surface area contributed by atoms with Crippen molar-refractivity contribution in [2.75, 3.05) is 19.7 Å². The Morgan fingerprint density at radius 1 is 1.24 bits per heavy atom. The summed E-state index contributed by atoms with van der Waals surface area (Å²) in [6.45, 7) is 3.41. The molecule has 1 aliphatic rings. The zero-order valence-corrected chi connectivity index (χ0v) is 14.5. The first-order valence-electron chi connectivity index (χ1n) is 8.79. The number of amides is 1. The van der Waals surface area contributed by atoms with E-state index in [0.29, 0.717) is 39.0 Å². The van der Waals surface area contributed by atoms with Crippen LogP contribution in [0.15, 0.2) is 47.3 Å². The number of hydrogen-bond acceptors (Lipinski definition) is 4. The van der Waals surface area contributed by atoms with Gasteiger partial charge in [-0.05, 0) is 44.0 Å². The number of carbonyl (C=O) groups excluding carboxylic acids is 2. The molecule has 3 rings (SSSR count). The topological polar surface area (TPSA) is 64.7 Å². The van der Waals surface area contributed by atoms with Gasteiger partial charge in [-0.2, -0.15) is 0 Å². The van der Waals surface area contributed by atoms with Crippen LogP contribution in [0.4, 0.5) is 0 Å². The molecule has 0 aromatic carbocycles. The Morgan fingerprint density at radius 3 is 2.56 bits per heavy atom. The van der Waals surface area contributed by atoms with E-state index in [1.54, 1.807) is 6.26 Å². The molecule has 0 saturated carbocycles. The molecule has 1 atom stereocenters. The van der Waals surface area contributed by atoms with Crippen molar-refractivity contribution in [3.05, 3.63) is 48.7 Å². The monoisotopic (exact) mass is 344 g/mol. The van der Waals surface area contributed by atoms with Crippen LogP contribution < -0.4 is 0 Å². The van der Waals surface area contributed by atoms with Crippen molar-refractivity contribution in [2.24, 2.45) is 5.92 Å². The Hall–Kier alpha value is -2.50. The van der Waals surface area contributed by atoms with Crippen molar-refractivity contribution < 1.29 is 18.7 Å². The predicted molar refractivity (Wildman–Crippen MR) is 91.8 cm³/mol. The highest BCUT2D eigenvalue weighted by Gasteiger charge is 2.30. The SMILES string of the molecule is CCOC(=O)C1CCN(C(=O)C[C@H](c2ccco2)n2cccc2)CC1. The summed E-state index contributed by atoms with van der Waals surface area (Å²) in [6.07, 6.45) is 7.17. The quantitative estimate of drug-likeness (QED) is 0.756. The molecule has 0 unspecified atom stereocenters. The molecule has 2 aromatic rings. The maximum atomic E-state index is 12.8. The first kappa shape index (κ1) is 17.3. The van der Waals surface area contributed by atoms with Gasteiger partial charge >= 0.3 is 5.97 Å². The number of rotatable bonds is 6. The molecule has 25 heavy (non-hydrogen) atoms. The number of carbonyl (C=O) groups is 2. The Morgan fingerprint density at radius 2 is 1.96 bits per heavy atom. The molecule has 2 aromatic heterocycles. The van der Waals surface area contributed by atoms with Gasteiger partial charge in [0, 0.05) is 25.5 Å². The Labute approximate surface area is 147 Å². The fourth-order valence-corrected chi connectivity index (χ4v) is 3.31. The molecule has 1 fully saturated rings. The van der Waals surface area contributed by atoms with E-state index in [1.165, 1.54) is 0 Å². The van der Waals surface area contributed by atoms with Crippen molar-refractivity contribution in [3.8, 4) is 0 Å². The van der Waals surface area contributed by atoms with Crippen LogP contribution >= 0.6 is 0 Å². The van der Waals surface area contributed by atoms with E-state index in [2.05, 4.69) is 0 Å². The summed E-state index contributed by atoms with van der Waals surface area (Å²) in [5.41, 5.74) is 0. The number of likely N-dealkylation sites (tertiary alicyclic amines) is 1. The molecule has 0 radical (unpaired) electrons. The van der Waals surface area contributed by atoms with Gasteiger partial charge in [-0.1, -0.05) is 0 Å². The lowest BCUT2D eigenvalue weighted by Gasteiger charge is -2.32. The second kappa shape index (κ2) is 8.05. The van der Waals surface area contributed by atoms with E-state index >= 15 is 0 Å². The van der Waals surface area contributed by atoms with E-state index in [-0.39, 0.29) is 23.8 Å². The van der Waals surface area contributed by atoms with E-state index in [1.807, 2.05) is 53.0 Å². The van der Waals surface area contributed by atoms with Crippen molar-refractivity contribution in [1.29, 1.82) is 0 Å². The minimum absolute atomic E-state index is 0.0809. The molecule has 3 heterocycles. The van der Waals surface area contributed by atoms with Crippen LogP contribution in [-0.2, 0) is 14.3 Å². The number of hydrogen-bond donors (Lipinski definition) is 0. The van der Waals surface area contributed by atoms with E-state index < -0.39 is 0 Å². The first-order chi connectivity index (χ1) is 12.2. The molecule has 0 aliphatic carbocycles. The maximum Gasteiger partial charge on any atom is 0.309 e. The third kappa shape index (κ3) is 4.13. The maximum absolute atomic E-state index is 12.8. The van der Waals surface area contributed by atoms with E-state index in [4.69, 9.17) is 9.15 Å². The molecule has 1 aliphatic heterocycles. The van der Waals surface area contributed by atoms with Gasteiger partial charge in [-0.15, -0.1) is 0 Å². The fourth-order valence-electron chi connectivity index (χ4n) is 3.31. The van der Waals surface area contributed by atoms with Gasteiger partial charge in [-0.3, -0.25) is 9.59 Å². The molecule has 0 spiro atoms. The lowest BCUT2D eigenvalue weighted by atomic mass is 9.96. The number of ether oxygens (including phenoxy) is 1. The average Bonchev–Trinajstić information content (AvgIpc) is 3.33. The van der Waals surface area contributed by atoms with Crippen molar-refractivity contribution >= 4 is 11.9 Å². The largest absolute Gasteiger partial charge is 0.467 e. The van der Waals surface area contributed by atoms with Crippen molar-refractivity contribution in [3.63, 3.8) is 0 Å². The van der Waals surface area contributed by atoms with Crippen LogP contribution in [0, 0.1) is 5.92 Å². The molecule has 6 heteroatoms. The number of aromatic nitrogens is 1. The summed E-state index contributed by atoms with van der Waals surface area (Å²) in [5, 5.41) is 0. The van der Waals surface area contributed by atoms with Gasteiger partial charge in [0.1, 0.15) is 5.76 Å². The van der Waals surface area contributed by atoms with Crippen LogP contribution in [0.2, 0.25) is 0 Å². The highest BCUT2D eigenvalue weighted by Crippen LogP contribution is 2.26. The summed E-state index contributed by atoms with van der Waals surface area (Å²) in [7, 11) is 0.